The molecule has 4 nitrogen and oxygen atoms in total. The molecule has 2 aromatic carbocycles. The fourth-order valence-electron chi connectivity index (χ4n) is 4.05. The number of alkyl halides is 3. The first-order valence-corrected chi connectivity index (χ1v) is 9.88. The fraction of sp³-hybridized carbons (Fsp3) is 0.348. The highest BCUT2D eigenvalue weighted by Gasteiger charge is 2.42. The molecule has 0 saturated carbocycles. The lowest BCUT2D eigenvalue weighted by atomic mass is 9.88. The Morgan fingerprint density at radius 3 is 2.53 bits per heavy atom. The molecular weight excluding hydrogens is 393 g/mol. The zero-order chi connectivity index (χ0) is 21.7. The molecule has 4 rings (SSSR count). The summed E-state index contributed by atoms with van der Waals surface area (Å²) in [6.07, 6.45) is -4.49. The molecule has 1 amide bonds. The van der Waals surface area contributed by atoms with Gasteiger partial charge >= 0.3 is 6.18 Å². The first-order chi connectivity index (χ1) is 14.1. The molecule has 0 spiro atoms. The van der Waals surface area contributed by atoms with Gasteiger partial charge in [0, 0.05) is 23.2 Å². The van der Waals surface area contributed by atoms with Crippen molar-refractivity contribution in [2.24, 2.45) is 0 Å². The van der Waals surface area contributed by atoms with Crippen molar-refractivity contribution in [2.45, 2.75) is 39.1 Å². The highest BCUT2D eigenvalue weighted by molar-refractivity contribution is 6.04. The smallest absolute Gasteiger partial charge is 0.416 e. The van der Waals surface area contributed by atoms with Crippen LogP contribution in [0.3, 0.4) is 0 Å². The molecule has 0 aliphatic carbocycles. The second-order valence-electron chi connectivity index (χ2n) is 7.98. The maximum atomic E-state index is 13.5. The number of hydrogen-bond donors (Lipinski definition) is 1. The second kappa shape index (κ2) is 7.16. The molecule has 2 aliphatic heterocycles. The number of ether oxygens (including phenoxy) is 1. The number of benzene rings is 2. The monoisotopic (exact) mass is 416 g/mol. The van der Waals surface area contributed by atoms with E-state index < -0.39 is 17.3 Å². The minimum Gasteiger partial charge on any atom is -0.483 e. The molecule has 0 aromatic heterocycles. The molecule has 2 heterocycles. The third kappa shape index (κ3) is 3.37. The number of halogens is 3. The Labute approximate surface area is 173 Å². The van der Waals surface area contributed by atoms with Gasteiger partial charge in [-0.1, -0.05) is 25.1 Å². The molecule has 0 unspecified atom stereocenters. The van der Waals surface area contributed by atoms with E-state index in [1.165, 1.54) is 6.07 Å². The van der Waals surface area contributed by atoms with Crippen LogP contribution in [-0.2, 0) is 12.7 Å². The van der Waals surface area contributed by atoms with Crippen molar-refractivity contribution in [2.75, 3.05) is 13.1 Å². The first kappa shape index (κ1) is 20.5. The largest absolute Gasteiger partial charge is 0.483 e. The molecule has 158 valence electrons. The summed E-state index contributed by atoms with van der Waals surface area (Å²) in [5.74, 6) is 0.127. The van der Waals surface area contributed by atoms with Crippen LogP contribution in [0.25, 0.3) is 5.70 Å². The third-order valence-electron chi connectivity index (χ3n) is 5.58. The molecule has 0 bridgehead atoms. The van der Waals surface area contributed by atoms with Crippen LogP contribution in [0.1, 0.15) is 47.8 Å². The van der Waals surface area contributed by atoms with Crippen LogP contribution >= 0.6 is 0 Å². The average molecular weight is 416 g/mol. The molecule has 7 heteroatoms. The molecule has 0 atom stereocenters. The summed E-state index contributed by atoms with van der Waals surface area (Å²) >= 11 is 0. The number of hydrogen-bond acceptors (Lipinski definition) is 3. The van der Waals surface area contributed by atoms with E-state index in [1.54, 1.807) is 17.0 Å². The first-order valence-electron chi connectivity index (χ1n) is 9.88. The molecule has 2 aliphatic rings. The summed E-state index contributed by atoms with van der Waals surface area (Å²) in [7, 11) is 0. The highest BCUT2D eigenvalue weighted by Crippen LogP contribution is 2.46. The lowest BCUT2D eigenvalue weighted by molar-refractivity contribution is -0.137. The maximum absolute atomic E-state index is 13.5. The quantitative estimate of drug-likeness (QED) is 0.775. The summed E-state index contributed by atoms with van der Waals surface area (Å²) in [5.41, 5.74) is 1.40. The topological polar surface area (TPSA) is 41.6 Å². The van der Waals surface area contributed by atoms with Gasteiger partial charge in [0.25, 0.3) is 5.91 Å². The van der Waals surface area contributed by atoms with Gasteiger partial charge in [-0.3, -0.25) is 4.79 Å². The average Bonchev–Trinajstić information content (AvgIpc) is 3.01. The van der Waals surface area contributed by atoms with E-state index in [0.29, 0.717) is 42.2 Å². The van der Waals surface area contributed by atoms with E-state index in [0.717, 1.165) is 23.3 Å². The van der Waals surface area contributed by atoms with Crippen LogP contribution in [0, 0.1) is 0 Å². The van der Waals surface area contributed by atoms with Gasteiger partial charge in [-0.25, -0.2) is 0 Å². The molecule has 30 heavy (non-hydrogen) atoms. The van der Waals surface area contributed by atoms with Crippen LogP contribution in [-0.4, -0.2) is 29.5 Å². The molecule has 0 saturated heterocycles. The standard InChI is InChI=1S/C23H23F3N2O2/c1-4-27-12-18-20(28-13-14-7-5-6-8-16(14)21(28)29)17-11-15(23(24,25)26)9-10-19(17)30-22(18,2)3/h5-11,27H,4,12-13H2,1-3H3. The van der Waals surface area contributed by atoms with Gasteiger partial charge in [0.15, 0.2) is 0 Å². The maximum Gasteiger partial charge on any atom is 0.416 e. The van der Waals surface area contributed by atoms with Gasteiger partial charge in [-0.2, -0.15) is 13.2 Å². The predicted molar refractivity (Wildman–Crippen MR) is 108 cm³/mol. The number of carbonyl (C=O) groups excluding carboxylic acids is 1. The predicted octanol–water partition coefficient (Wildman–Crippen LogP) is 4.85. The lowest BCUT2D eigenvalue weighted by Crippen LogP contribution is -2.42. The van der Waals surface area contributed by atoms with Gasteiger partial charge in [-0.15, -0.1) is 0 Å². The SMILES string of the molecule is CCNCC1=C(N2Cc3ccccc3C2=O)c2cc(C(F)(F)F)ccc2OC1(C)C. The Kier molecular flexibility index (Phi) is 4.89. The Bertz CT molecular complexity index is 1040. The van der Waals surface area contributed by atoms with Crippen molar-refractivity contribution in [1.29, 1.82) is 0 Å². The summed E-state index contributed by atoms with van der Waals surface area (Å²) in [6.45, 7) is 7.07. The van der Waals surface area contributed by atoms with Crippen molar-refractivity contribution < 1.29 is 22.7 Å². The molecule has 2 aromatic rings. The molecule has 0 fully saturated rings. The fourth-order valence-corrected chi connectivity index (χ4v) is 4.05. The van der Waals surface area contributed by atoms with Crippen molar-refractivity contribution in [3.63, 3.8) is 0 Å². The van der Waals surface area contributed by atoms with E-state index in [9.17, 15) is 18.0 Å². The van der Waals surface area contributed by atoms with E-state index >= 15 is 0 Å². The molecule has 0 radical (unpaired) electrons. The van der Waals surface area contributed by atoms with Gasteiger partial charge in [0.2, 0.25) is 0 Å². The van der Waals surface area contributed by atoms with Crippen molar-refractivity contribution >= 4 is 11.6 Å². The minimum atomic E-state index is -4.49. The number of rotatable bonds is 4. The normalized spacial score (nSPS) is 17.7. The summed E-state index contributed by atoms with van der Waals surface area (Å²) in [6, 6.07) is 10.7. The summed E-state index contributed by atoms with van der Waals surface area (Å²) in [4.78, 5) is 14.8. The Morgan fingerprint density at radius 1 is 1.13 bits per heavy atom. The number of nitrogens with one attached hydrogen (secondary N) is 1. The van der Waals surface area contributed by atoms with Crippen LogP contribution in [0.15, 0.2) is 48.0 Å². The number of amides is 1. The van der Waals surface area contributed by atoms with Gasteiger partial charge in [0.1, 0.15) is 11.4 Å². The molecule has 1 N–H and O–H groups in total. The molecular formula is C23H23F3N2O2. The Hall–Kier alpha value is -2.80. The van der Waals surface area contributed by atoms with Crippen LogP contribution < -0.4 is 10.1 Å². The number of likely N-dealkylation sites (N-methyl/N-ethyl adjacent to an activating group) is 1. The zero-order valence-corrected chi connectivity index (χ0v) is 17.1. The Balaban J connectivity index is 1.93. The van der Waals surface area contributed by atoms with Crippen LogP contribution in [0.5, 0.6) is 5.75 Å². The zero-order valence-electron chi connectivity index (χ0n) is 17.1. The van der Waals surface area contributed by atoms with Crippen molar-refractivity contribution in [1.82, 2.24) is 10.2 Å². The van der Waals surface area contributed by atoms with Crippen molar-refractivity contribution in [3.8, 4) is 5.75 Å². The number of fused-ring (bicyclic) bond motifs is 2. The third-order valence-corrected chi connectivity index (χ3v) is 5.58. The van der Waals surface area contributed by atoms with Gasteiger partial charge in [-0.05, 0) is 50.2 Å². The Morgan fingerprint density at radius 2 is 1.87 bits per heavy atom. The number of nitrogens with zero attached hydrogens (tertiary/aromatic N) is 1. The highest BCUT2D eigenvalue weighted by atomic mass is 19.4. The lowest BCUT2D eigenvalue weighted by Gasteiger charge is -2.40. The van der Waals surface area contributed by atoms with Gasteiger partial charge < -0.3 is 15.0 Å². The van der Waals surface area contributed by atoms with E-state index in [1.807, 2.05) is 32.9 Å². The van der Waals surface area contributed by atoms with Crippen LogP contribution in [0.2, 0.25) is 0 Å². The van der Waals surface area contributed by atoms with Gasteiger partial charge in [0.05, 0.1) is 17.8 Å². The van der Waals surface area contributed by atoms with E-state index in [4.69, 9.17) is 4.74 Å². The van der Waals surface area contributed by atoms with Crippen LogP contribution in [0.4, 0.5) is 13.2 Å². The van der Waals surface area contributed by atoms with E-state index in [-0.39, 0.29) is 5.91 Å². The summed E-state index contributed by atoms with van der Waals surface area (Å²) < 4.78 is 46.5. The summed E-state index contributed by atoms with van der Waals surface area (Å²) in [5, 5.41) is 3.24. The second-order valence-corrected chi connectivity index (χ2v) is 7.98. The van der Waals surface area contributed by atoms with Crippen molar-refractivity contribution in [3.05, 3.63) is 70.3 Å². The minimum absolute atomic E-state index is 0.212. The number of carbonyl (C=O) groups is 1. The van der Waals surface area contributed by atoms with E-state index in [2.05, 4.69) is 5.32 Å².